The third-order valence-corrected chi connectivity index (χ3v) is 23.0. The zero-order chi connectivity index (χ0) is 73.1. The molecule has 468 valence electrons. The van der Waals surface area contributed by atoms with Crippen molar-refractivity contribution in [2.75, 3.05) is 4.90 Å². The van der Waals surface area contributed by atoms with Crippen LogP contribution in [-0.4, -0.2) is 15.8 Å². The predicted molar refractivity (Wildman–Crippen MR) is 422 cm³/mol. The minimum atomic E-state index is -0.543. The molecule has 0 saturated carbocycles. The summed E-state index contributed by atoms with van der Waals surface area (Å²) in [5.41, 5.74) is 27.9. The van der Waals surface area contributed by atoms with Crippen LogP contribution in [0.15, 0.2) is 343 Å². The Kier molecular flexibility index (Phi) is 10.7. The molecule has 0 N–H and O–H groups in total. The summed E-state index contributed by atoms with van der Waals surface area (Å²) in [5.74, 6) is 0. The number of fused-ring (bicyclic) bond motifs is 21. The highest BCUT2D eigenvalue weighted by Gasteiger charge is 2.52. The van der Waals surface area contributed by atoms with E-state index in [2.05, 4.69) is 309 Å². The molecule has 2 aliphatic heterocycles. The van der Waals surface area contributed by atoms with Gasteiger partial charge in [-0.2, -0.15) is 0 Å². The minimum Gasteiger partial charge on any atom is -0.310 e. The molecule has 4 aliphatic rings. The molecule has 0 amide bonds. The van der Waals surface area contributed by atoms with Gasteiger partial charge in [0.15, 0.2) is 0 Å². The van der Waals surface area contributed by atoms with Crippen molar-refractivity contribution >= 4 is 95.5 Å². The quantitative estimate of drug-likeness (QED) is 0.148. The van der Waals surface area contributed by atoms with Crippen LogP contribution in [-0.2, 0) is 10.8 Å². The summed E-state index contributed by atoms with van der Waals surface area (Å²) in [6, 6.07) is 100. The Hall–Kier alpha value is -11.9. The first-order valence-electron chi connectivity index (χ1n) is 38.3. The van der Waals surface area contributed by atoms with E-state index in [9.17, 15) is 8.22 Å². The van der Waals surface area contributed by atoms with E-state index in [1.165, 1.54) is 44.5 Å². The number of anilines is 3. The molecule has 4 heterocycles. The number of para-hydroxylation sites is 3. The molecule has 0 bridgehead atoms. The van der Waals surface area contributed by atoms with Crippen LogP contribution in [0.25, 0.3) is 122 Å². The summed E-state index contributed by atoms with van der Waals surface area (Å²) in [7, 11) is 0. The van der Waals surface area contributed by atoms with Gasteiger partial charge in [-0.05, 0) is 179 Å². The molecule has 0 atom stereocenters. The fraction of sp³-hybridized carbons (Fsp3) is 0.0526. The van der Waals surface area contributed by atoms with Gasteiger partial charge in [0.25, 0.3) is 0 Å². The van der Waals surface area contributed by atoms with Crippen LogP contribution in [0.5, 0.6) is 0 Å². The molecule has 21 rings (SSSR count). The fourth-order valence-corrected chi connectivity index (χ4v) is 18.8. The molecule has 100 heavy (non-hydrogen) atoms. The van der Waals surface area contributed by atoms with Crippen molar-refractivity contribution in [3.05, 3.63) is 361 Å². The van der Waals surface area contributed by atoms with Gasteiger partial charge in [-0.15, -0.1) is 0 Å². The molecule has 2 aliphatic carbocycles. The zero-order valence-corrected chi connectivity index (χ0v) is 55.8. The van der Waals surface area contributed by atoms with E-state index in [1.807, 2.05) is 6.07 Å². The lowest BCUT2D eigenvalue weighted by molar-refractivity contribution is 0.591. The summed E-state index contributed by atoms with van der Waals surface area (Å²) in [6.07, 6.45) is 0. The van der Waals surface area contributed by atoms with Gasteiger partial charge in [0.05, 0.1) is 44.1 Å². The van der Waals surface area contributed by atoms with Gasteiger partial charge in [0.1, 0.15) is 0 Å². The van der Waals surface area contributed by atoms with E-state index in [0.29, 0.717) is 5.69 Å². The van der Waals surface area contributed by atoms with Crippen molar-refractivity contribution < 1.29 is 11.0 Å². The number of hydrogen-bond donors (Lipinski definition) is 0. The Balaban J connectivity index is 0.917. The average molecular weight is 1300 g/mol. The number of aromatic nitrogens is 2. The van der Waals surface area contributed by atoms with Crippen molar-refractivity contribution in [2.24, 2.45) is 0 Å². The van der Waals surface area contributed by atoms with E-state index in [4.69, 9.17) is 2.74 Å². The summed E-state index contributed by atoms with van der Waals surface area (Å²) in [6.45, 7) is 6.37. The van der Waals surface area contributed by atoms with E-state index >= 15 is 0 Å². The van der Waals surface area contributed by atoms with Gasteiger partial charge in [0.2, 0.25) is 6.71 Å². The highest BCUT2D eigenvalue weighted by molar-refractivity contribution is 8.00. The normalized spacial score (nSPS) is 14.7. The smallest absolute Gasteiger partial charge is 0.249 e. The molecule has 0 unspecified atom stereocenters. The fourth-order valence-electron chi connectivity index (χ4n) is 17.4. The SMILES string of the molecule is [2H]c1c([2H])c([2H])c2c(c1[2H])c1c([2H])c([2H])c([2H])c([2H])c1n2-c1cc2c3c(c1)N(c1c(-c4ccccc4)cc(C(C)(C)C)cc1-c1ccccc1)c1cc(-c4ccc5c(c4)-c4ccccc4C54c5ccccc5-c5ccccc54)ccc1B3c1ccc3c(c1S2)c1cc(-c2ccccc2)ccc1n3-c1ccccc1. The van der Waals surface area contributed by atoms with Crippen LogP contribution < -0.4 is 21.3 Å². The second-order valence-electron chi connectivity index (χ2n) is 28.0. The third kappa shape index (κ3) is 8.12. The zero-order valence-electron chi connectivity index (χ0n) is 63.0. The molecule has 0 fully saturated rings. The lowest BCUT2D eigenvalue weighted by Gasteiger charge is -2.42. The first-order valence-corrected chi connectivity index (χ1v) is 35.2. The largest absolute Gasteiger partial charge is 0.310 e. The Bertz CT molecular complexity index is 6620. The Labute approximate surface area is 597 Å². The Morgan fingerprint density at radius 2 is 0.850 bits per heavy atom. The lowest BCUT2D eigenvalue weighted by Crippen LogP contribution is -2.60. The van der Waals surface area contributed by atoms with Crippen molar-refractivity contribution in [1.82, 2.24) is 9.13 Å². The second kappa shape index (κ2) is 21.6. The number of rotatable bonds is 7. The third-order valence-electron chi connectivity index (χ3n) is 21.8. The summed E-state index contributed by atoms with van der Waals surface area (Å²) in [5, 5.41) is 2.18. The van der Waals surface area contributed by atoms with Crippen molar-refractivity contribution in [1.29, 1.82) is 0 Å². The predicted octanol–water partition coefficient (Wildman–Crippen LogP) is 23.0. The van der Waals surface area contributed by atoms with Gasteiger partial charge in [-0.25, -0.2) is 0 Å². The van der Waals surface area contributed by atoms with E-state index in [-0.39, 0.29) is 51.4 Å². The molecule has 2 aromatic heterocycles. The standard InChI is InChI=1S/C95H64BN3S/c1-94(2,3)65-55-73(60-28-10-5-11-29-60)92(74(56-65)61-30-12-6-13-31-61)99-87-54-64(63-44-47-80-75(52-63)70-36-18-23-41-79(70)95(80)77-39-21-16-34-68(77)69-35-17-22-40-78(69)95)45-48-81(87)96-82-49-51-86-90(76-53-62(59-26-8-4-9-27-59)46-50-85(76)97(86)66-32-14-7-15-33-66)93(82)100-89-58-67(57-88(99)91(89)96)98-83-42-24-19-37-71(83)72-38-20-25-43-84(72)98/h4-58H,1-3H3/i19D,20D,24D,25D,37D,38D,42D,43D. The van der Waals surface area contributed by atoms with Crippen molar-refractivity contribution in [3.8, 4) is 78.1 Å². The second-order valence-corrected chi connectivity index (χ2v) is 29.1. The minimum absolute atomic E-state index is 0.0153. The molecule has 0 saturated heterocycles. The van der Waals surface area contributed by atoms with Gasteiger partial charge >= 0.3 is 0 Å². The highest BCUT2D eigenvalue weighted by atomic mass is 32.2. The summed E-state index contributed by atoms with van der Waals surface area (Å²) < 4.78 is 80.5. The van der Waals surface area contributed by atoms with Crippen LogP contribution >= 0.6 is 11.8 Å². The number of benzene rings is 15. The van der Waals surface area contributed by atoms with Crippen LogP contribution in [0.1, 0.15) is 59.6 Å². The topological polar surface area (TPSA) is 13.1 Å². The monoisotopic (exact) mass is 1300 g/mol. The number of hydrogen-bond acceptors (Lipinski definition) is 2. The van der Waals surface area contributed by atoms with Crippen LogP contribution in [0, 0.1) is 0 Å². The Morgan fingerprint density at radius 3 is 1.47 bits per heavy atom. The molecule has 15 aromatic carbocycles. The van der Waals surface area contributed by atoms with E-state index < -0.39 is 36.3 Å². The van der Waals surface area contributed by atoms with Crippen molar-refractivity contribution in [3.63, 3.8) is 0 Å². The molecule has 1 spiro atoms. The van der Waals surface area contributed by atoms with E-state index in [0.717, 1.165) is 121 Å². The van der Waals surface area contributed by atoms with Crippen LogP contribution in [0.3, 0.4) is 0 Å². The molecule has 5 heteroatoms. The Morgan fingerprint density at radius 1 is 0.360 bits per heavy atom. The van der Waals surface area contributed by atoms with E-state index in [1.54, 1.807) is 16.3 Å². The van der Waals surface area contributed by atoms with Gasteiger partial charge in [-0.1, -0.05) is 293 Å². The summed E-state index contributed by atoms with van der Waals surface area (Å²) in [4.78, 5) is 4.40. The van der Waals surface area contributed by atoms with Crippen LogP contribution in [0.2, 0.25) is 0 Å². The highest BCUT2D eigenvalue weighted by Crippen LogP contribution is 2.63. The molecule has 17 aromatic rings. The summed E-state index contributed by atoms with van der Waals surface area (Å²) >= 11 is 1.68. The first-order chi connectivity index (χ1) is 52.6. The first kappa shape index (κ1) is 49.6. The molecular formula is C95H64BN3S. The van der Waals surface area contributed by atoms with Crippen LogP contribution in [0.4, 0.5) is 17.1 Å². The average Bonchev–Trinajstić information content (AvgIpc) is 1.48. The maximum absolute atomic E-state index is 9.99. The van der Waals surface area contributed by atoms with Gasteiger partial charge < -0.3 is 14.0 Å². The lowest BCUT2D eigenvalue weighted by atomic mass is 9.34. The van der Waals surface area contributed by atoms with Gasteiger partial charge in [0, 0.05) is 65.2 Å². The number of nitrogens with zero attached hydrogens (tertiary/aromatic N) is 3. The molecule has 0 radical (unpaired) electrons. The van der Waals surface area contributed by atoms with Gasteiger partial charge in [-0.3, -0.25) is 0 Å². The maximum Gasteiger partial charge on any atom is 0.249 e. The van der Waals surface area contributed by atoms with Crippen molar-refractivity contribution in [2.45, 2.75) is 41.4 Å². The molecular weight excluding hydrogens is 1230 g/mol. The maximum atomic E-state index is 9.99. The molecule has 3 nitrogen and oxygen atoms in total.